The third-order valence-electron chi connectivity index (χ3n) is 2.10. The molecule has 0 saturated heterocycles. The molecule has 0 atom stereocenters. The van der Waals surface area contributed by atoms with Crippen LogP contribution in [0.4, 0.5) is 5.69 Å². The number of carbonyl (C=O) groups excluding carboxylic acids is 1. The Morgan fingerprint density at radius 3 is 2.44 bits per heavy atom. The molecule has 0 bridgehead atoms. The number of rotatable bonds is 3. The summed E-state index contributed by atoms with van der Waals surface area (Å²) >= 11 is 0. The van der Waals surface area contributed by atoms with E-state index < -0.39 is 12.7 Å². The first kappa shape index (κ1) is 14.5. The molecule has 0 unspecified atom stereocenters. The van der Waals surface area contributed by atoms with Crippen LogP contribution in [0.5, 0.6) is 0 Å². The second kappa shape index (κ2) is 5.41. The molecular weight excluding hydrogens is 233 g/mol. The fraction of sp³-hybridized carbons (Fsp3) is 0.417. The van der Waals surface area contributed by atoms with Crippen molar-refractivity contribution in [3.05, 3.63) is 23.8 Å². The molecule has 0 aliphatic rings. The van der Waals surface area contributed by atoms with Gasteiger partial charge < -0.3 is 20.5 Å². The van der Waals surface area contributed by atoms with Crippen molar-refractivity contribution in [3.8, 4) is 0 Å². The van der Waals surface area contributed by atoms with Crippen LogP contribution in [0.3, 0.4) is 0 Å². The van der Waals surface area contributed by atoms with Crippen molar-refractivity contribution >= 4 is 24.2 Å². The minimum absolute atomic E-state index is 0.0437. The highest BCUT2D eigenvalue weighted by Gasteiger charge is 2.18. The van der Waals surface area contributed by atoms with E-state index in [2.05, 4.69) is 0 Å². The summed E-state index contributed by atoms with van der Waals surface area (Å²) in [4.78, 5) is 11.6. The summed E-state index contributed by atoms with van der Waals surface area (Å²) < 4.78 is 5.18. The highest BCUT2D eigenvalue weighted by molar-refractivity contribution is 6.58. The van der Waals surface area contributed by atoms with E-state index in [1.165, 1.54) is 12.1 Å². The number of hydrogen-bond acceptors (Lipinski definition) is 5. The first-order chi connectivity index (χ1) is 8.17. The molecule has 1 aromatic rings. The van der Waals surface area contributed by atoms with E-state index in [0.717, 1.165) is 0 Å². The predicted octanol–water partition coefficient (Wildman–Crippen LogP) is -0.167. The van der Waals surface area contributed by atoms with E-state index >= 15 is 0 Å². The Morgan fingerprint density at radius 2 is 1.94 bits per heavy atom. The fourth-order valence-electron chi connectivity index (χ4n) is 1.54. The van der Waals surface area contributed by atoms with Gasteiger partial charge in [-0.15, -0.1) is 0 Å². The van der Waals surface area contributed by atoms with Crippen molar-refractivity contribution in [3.63, 3.8) is 0 Å². The molecule has 6 heteroatoms. The molecule has 98 valence electrons. The van der Waals surface area contributed by atoms with Crippen molar-refractivity contribution in [2.75, 3.05) is 5.73 Å². The number of hydrogen-bond donors (Lipinski definition) is 3. The molecule has 1 rings (SSSR count). The van der Waals surface area contributed by atoms with Crippen molar-refractivity contribution in [2.45, 2.75) is 32.8 Å². The molecule has 0 saturated carbocycles. The van der Waals surface area contributed by atoms with E-state index in [9.17, 15) is 4.79 Å². The predicted molar refractivity (Wildman–Crippen MR) is 70.2 cm³/mol. The summed E-state index contributed by atoms with van der Waals surface area (Å²) in [6, 6.07) is 4.57. The van der Waals surface area contributed by atoms with Gasteiger partial charge in [0.25, 0.3) is 0 Å². The van der Waals surface area contributed by atoms with E-state index in [1.54, 1.807) is 26.8 Å². The Bertz CT molecular complexity index is 440. The van der Waals surface area contributed by atoms with Crippen LogP contribution in [0.1, 0.15) is 26.3 Å². The zero-order chi connectivity index (χ0) is 13.9. The first-order valence-electron chi connectivity index (χ1n) is 5.65. The third-order valence-corrected chi connectivity index (χ3v) is 2.10. The minimum Gasteiger partial charge on any atom is -0.460 e. The Kier molecular flexibility index (Phi) is 4.37. The zero-order valence-corrected chi connectivity index (χ0v) is 10.8. The van der Waals surface area contributed by atoms with Gasteiger partial charge in [0.1, 0.15) is 5.60 Å². The van der Waals surface area contributed by atoms with Crippen LogP contribution in [0, 0.1) is 0 Å². The quantitative estimate of drug-likeness (QED) is 0.394. The number of carbonyl (C=O) groups is 1. The van der Waals surface area contributed by atoms with Gasteiger partial charge in [-0.25, -0.2) is 0 Å². The average molecular weight is 251 g/mol. The number of ether oxygens (including phenoxy) is 1. The number of nitrogen functional groups attached to an aromatic ring is 1. The Morgan fingerprint density at radius 1 is 1.33 bits per heavy atom. The molecule has 4 N–H and O–H groups in total. The monoisotopic (exact) mass is 251 g/mol. The summed E-state index contributed by atoms with van der Waals surface area (Å²) in [7, 11) is -1.61. The maximum absolute atomic E-state index is 11.6. The average Bonchev–Trinajstić information content (AvgIpc) is 2.12. The van der Waals surface area contributed by atoms with E-state index in [-0.39, 0.29) is 17.9 Å². The van der Waals surface area contributed by atoms with Crippen LogP contribution in [-0.4, -0.2) is 28.7 Å². The summed E-state index contributed by atoms with van der Waals surface area (Å²) in [6.45, 7) is 5.35. The highest BCUT2D eigenvalue weighted by atomic mass is 16.6. The largest absolute Gasteiger partial charge is 0.488 e. The summed E-state index contributed by atoms with van der Waals surface area (Å²) in [5, 5.41) is 18.2. The number of nitrogens with two attached hydrogens (primary N) is 1. The lowest BCUT2D eigenvalue weighted by atomic mass is 9.79. The lowest BCUT2D eigenvalue weighted by molar-refractivity contribution is -0.153. The van der Waals surface area contributed by atoms with Gasteiger partial charge in [-0.3, -0.25) is 4.79 Å². The Hall–Kier alpha value is -1.53. The van der Waals surface area contributed by atoms with Crippen LogP contribution in [-0.2, 0) is 16.0 Å². The minimum atomic E-state index is -1.61. The highest BCUT2D eigenvalue weighted by Crippen LogP contribution is 2.11. The smallest absolute Gasteiger partial charge is 0.460 e. The van der Waals surface area contributed by atoms with Gasteiger partial charge in [-0.2, -0.15) is 0 Å². The molecule has 5 nitrogen and oxygen atoms in total. The molecule has 0 fully saturated rings. The standard InChI is InChI=1S/C12H18BNO4/c1-12(2,3)18-11(15)6-8-4-9(13(16)17)7-10(14)5-8/h4-5,7,16-17H,6,14H2,1-3H3. The number of benzene rings is 1. The SMILES string of the molecule is CC(C)(C)OC(=O)Cc1cc(N)cc(B(O)O)c1. The number of anilines is 1. The van der Waals surface area contributed by atoms with Crippen LogP contribution in [0.2, 0.25) is 0 Å². The summed E-state index contributed by atoms with van der Waals surface area (Å²) in [5.41, 5.74) is 6.30. The number of esters is 1. The zero-order valence-electron chi connectivity index (χ0n) is 10.8. The van der Waals surface area contributed by atoms with Crippen LogP contribution >= 0.6 is 0 Å². The molecule has 0 aliphatic carbocycles. The van der Waals surface area contributed by atoms with Gasteiger partial charge >= 0.3 is 13.1 Å². The molecule has 0 aliphatic heterocycles. The Balaban J connectivity index is 2.82. The molecule has 0 amide bonds. The van der Waals surface area contributed by atoms with Crippen molar-refractivity contribution < 1.29 is 19.6 Å². The lowest BCUT2D eigenvalue weighted by Gasteiger charge is -2.19. The maximum Gasteiger partial charge on any atom is 0.488 e. The maximum atomic E-state index is 11.6. The molecule has 0 aromatic heterocycles. The lowest BCUT2D eigenvalue weighted by Crippen LogP contribution is -2.31. The van der Waals surface area contributed by atoms with Crippen LogP contribution in [0.15, 0.2) is 18.2 Å². The van der Waals surface area contributed by atoms with Crippen LogP contribution in [0.25, 0.3) is 0 Å². The van der Waals surface area contributed by atoms with Crippen LogP contribution < -0.4 is 11.2 Å². The Labute approximate surface area is 107 Å². The van der Waals surface area contributed by atoms with E-state index in [4.69, 9.17) is 20.5 Å². The molecule has 0 spiro atoms. The molecule has 0 heterocycles. The van der Waals surface area contributed by atoms with Gasteiger partial charge in [-0.05, 0) is 43.9 Å². The summed E-state index contributed by atoms with van der Waals surface area (Å²) in [5.74, 6) is -0.383. The van der Waals surface area contributed by atoms with Gasteiger partial charge in [-0.1, -0.05) is 6.07 Å². The molecule has 1 aromatic carbocycles. The van der Waals surface area contributed by atoms with Crippen molar-refractivity contribution in [1.29, 1.82) is 0 Å². The van der Waals surface area contributed by atoms with Gasteiger partial charge in [0.15, 0.2) is 0 Å². The van der Waals surface area contributed by atoms with Gasteiger partial charge in [0.2, 0.25) is 0 Å². The second-order valence-electron chi connectivity index (χ2n) is 5.14. The molecule has 0 radical (unpaired) electrons. The third kappa shape index (κ3) is 4.77. The van der Waals surface area contributed by atoms with Crippen molar-refractivity contribution in [1.82, 2.24) is 0 Å². The fourth-order valence-corrected chi connectivity index (χ4v) is 1.54. The molecular formula is C12H18BNO4. The summed E-state index contributed by atoms with van der Waals surface area (Å²) in [6.07, 6.45) is 0.0437. The molecule has 18 heavy (non-hydrogen) atoms. The topological polar surface area (TPSA) is 92.8 Å². The normalized spacial score (nSPS) is 11.2. The van der Waals surface area contributed by atoms with Crippen molar-refractivity contribution in [2.24, 2.45) is 0 Å². The van der Waals surface area contributed by atoms with E-state index in [1.807, 2.05) is 0 Å². The second-order valence-corrected chi connectivity index (χ2v) is 5.14. The van der Waals surface area contributed by atoms with E-state index in [0.29, 0.717) is 11.3 Å². The first-order valence-corrected chi connectivity index (χ1v) is 5.65. The van der Waals surface area contributed by atoms with Gasteiger partial charge in [0.05, 0.1) is 6.42 Å². The van der Waals surface area contributed by atoms with Gasteiger partial charge in [0, 0.05) is 5.69 Å².